The molecule has 120 valence electrons. The highest BCUT2D eigenvalue weighted by Gasteiger charge is 2.52. The number of para-hydroxylation sites is 1. The van der Waals surface area contributed by atoms with E-state index in [4.69, 9.17) is 0 Å². The summed E-state index contributed by atoms with van der Waals surface area (Å²) in [5, 5.41) is 11.5. The number of aromatic nitrogens is 1. The normalized spacial score (nSPS) is 36.7. The second-order valence-corrected chi connectivity index (χ2v) is 7.45. The first-order valence-corrected chi connectivity index (χ1v) is 8.82. The number of fused-ring (bicyclic) bond motifs is 4. The van der Waals surface area contributed by atoms with Gasteiger partial charge in [-0.2, -0.15) is 0 Å². The van der Waals surface area contributed by atoms with Crippen molar-refractivity contribution in [3.8, 4) is 0 Å². The van der Waals surface area contributed by atoms with Crippen molar-refractivity contribution in [2.75, 3.05) is 13.2 Å². The minimum Gasteiger partial charge on any atom is -0.396 e. The lowest BCUT2D eigenvalue weighted by Gasteiger charge is -2.58. The average molecular weight is 308 g/mol. The highest BCUT2D eigenvalue weighted by molar-refractivity contribution is 5.86. The molecule has 3 fully saturated rings. The van der Waals surface area contributed by atoms with Gasteiger partial charge in [-0.25, -0.2) is 0 Å². The van der Waals surface area contributed by atoms with E-state index in [2.05, 4.69) is 53.8 Å². The Labute approximate surface area is 137 Å². The van der Waals surface area contributed by atoms with Gasteiger partial charge in [0.15, 0.2) is 0 Å². The summed E-state index contributed by atoms with van der Waals surface area (Å²) in [4.78, 5) is 2.68. The van der Waals surface area contributed by atoms with Crippen molar-refractivity contribution in [2.45, 2.75) is 31.8 Å². The first kappa shape index (κ1) is 13.8. The van der Waals surface area contributed by atoms with E-state index in [1.165, 1.54) is 28.6 Å². The molecule has 23 heavy (non-hydrogen) atoms. The molecule has 6 rings (SSSR count). The smallest absolute Gasteiger partial charge is 0.0515 e. The molecule has 0 radical (unpaired) electrons. The van der Waals surface area contributed by atoms with Crippen LogP contribution in [0, 0.1) is 11.8 Å². The molecule has 0 spiro atoms. The van der Waals surface area contributed by atoms with Crippen molar-refractivity contribution < 1.29 is 5.11 Å². The van der Waals surface area contributed by atoms with E-state index in [-0.39, 0.29) is 0 Å². The van der Waals surface area contributed by atoms with Crippen LogP contribution in [0.15, 0.2) is 35.9 Å². The van der Waals surface area contributed by atoms with Gasteiger partial charge in [0.25, 0.3) is 0 Å². The second-order valence-electron chi connectivity index (χ2n) is 7.45. The third kappa shape index (κ3) is 1.62. The molecule has 4 aliphatic heterocycles. The van der Waals surface area contributed by atoms with Crippen LogP contribution < -0.4 is 0 Å². The molecule has 1 aromatic carbocycles. The summed E-state index contributed by atoms with van der Waals surface area (Å²) in [5.41, 5.74) is 5.96. The summed E-state index contributed by atoms with van der Waals surface area (Å²) in [6.07, 6.45) is 4.54. The molecular formula is C20H24N2O. The molecule has 1 aromatic heterocycles. The topological polar surface area (TPSA) is 28.4 Å². The Morgan fingerprint density at radius 2 is 2.13 bits per heavy atom. The summed E-state index contributed by atoms with van der Waals surface area (Å²) >= 11 is 0. The fourth-order valence-corrected chi connectivity index (χ4v) is 5.71. The molecule has 4 bridgehead atoms. The van der Waals surface area contributed by atoms with E-state index in [1.807, 2.05) is 0 Å². The van der Waals surface area contributed by atoms with Gasteiger partial charge in [0.2, 0.25) is 0 Å². The number of aliphatic hydroxyl groups is 1. The largest absolute Gasteiger partial charge is 0.396 e. The summed E-state index contributed by atoms with van der Waals surface area (Å²) < 4.78 is 2.43. The summed E-state index contributed by atoms with van der Waals surface area (Å²) in [6, 6.07) is 9.84. The fourth-order valence-electron chi connectivity index (χ4n) is 5.71. The monoisotopic (exact) mass is 308 g/mol. The number of nitrogens with zero attached hydrogens (tertiary/aromatic N) is 2. The lowest BCUT2D eigenvalue weighted by molar-refractivity contribution is -0.0513. The molecular weight excluding hydrogens is 284 g/mol. The number of aryl methyl sites for hydroxylation is 1. The molecule has 0 amide bonds. The first-order valence-electron chi connectivity index (χ1n) is 8.82. The van der Waals surface area contributed by atoms with Crippen molar-refractivity contribution in [1.29, 1.82) is 0 Å². The highest BCUT2D eigenvalue weighted by atomic mass is 16.3. The van der Waals surface area contributed by atoms with Gasteiger partial charge in [0.05, 0.1) is 6.04 Å². The molecule has 3 heteroatoms. The van der Waals surface area contributed by atoms with Gasteiger partial charge in [-0.05, 0) is 37.3 Å². The van der Waals surface area contributed by atoms with Gasteiger partial charge in [0, 0.05) is 48.8 Å². The third-order valence-corrected chi connectivity index (χ3v) is 6.73. The zero-order chi connectivity index (χ0) is 15.7. The Morgan fingerprint density at radius 3 is 2.91 bits per heavy atom. The highest BCUT2D eigenvalue weighted by Crippen LogP contribution is 2.54. The SMILES string of the molecule is CC=C1CN2[C@H]3CC1[C@@H](CO)[C@@H]2Cc1c3n(C)c2ccccc12. The lowest BCUT2D eigenvalue weighted by Crippen LogP contribution is -2.61. The van der Waals surface area contributed by atoms with E-state index in [9.17, 15) is 5.11 Å². The maximum Gasteiger partial charge on any atom is 0.0515 e. The zero-order valence-corrected chi connectivity index (χ0v) is 13.9. The number of rotatable bonds is 1. The van der Waals surface area contributed by atoms with Crippen LogP contribution in [-0.2, 0) is 13.5 Å². The molecule has 1 N–H and O–H groups in total. The number of benzene rings is 1. The Hall–Kier alpha value is -1.58. The van der Waals surface area contributed by atoms with E-state index in [0.717, 1.165) is 13.0 Å². The predicted molar refractivity (Wildman–Crippen MR) is 92.3 cm³/mol. The maximum absolute atomic E-state index is 10.0. The van der Waals surface area contributed by atoms with E-state index in [0.29, 0.717) is 30.5 Å². The Kier molecular flexibility index (Phi) is 2.83. The lowest BCUT2D eigenvalue weighted by atomic mass is 9.64. The minimum atomic E-state index is 0.315. The van der Waals surface area contributed by atoms with E-state index < -0.39 is 0 Å². The molecule has 3 nitrogen and oxygen atoms in total. The van der Waals surface area contributed by atoms with Gasteiger partial charge < -0.3 is 9.67 Å². The van der Waals surface area contributed by atoms with Crippen LogP contribution in [0.4, 0.5) is 0 Å². The van der Waals surface area contributed by atoms with Crippen LogP contribution in [-0.4, -0.2) is 33.8 Å². The van der Waals surface area contributed by atoms with Crippen LogP contribution in [0.3, 0.4) is 0 Å². The van der Waals surface area contributed by atoms with Crippen LogP contribution in [0.1, 0.15) is 30.6 Å². The number of aliphatic hydroxyl groups excluding tert-OH is 1. The fraction of sp³-hybridized carbons (Fsp3) is 0.500. The molecule has 4 aliphatic rings. The van der Waals surface area contributed by atoms with Crippen molar-refractivity contribution >= 4 is 10.9 Å². The van der Waals surface area contributed by atoms with Gasteiger partial charge >= 0.3 is 0 Å². The van der Waals surface area contributed by atoms with E-state index in [1.54, 1.807) is 5.57 Å². The Morgan fingerprint density at radius 1 is 1.30 bits per heavy atom. The van der Waals surface area contributed by atoms with Crippen LogP contribution in [0.2, 0.25) is 0 Å². The molecule has 2 aromatic rings. The quantitative estimate of drug-likeness (QED) is 0.820. The molecule has 5 heterocycles. The Bertz CT molecular complexity index is 818. The maximum atomic E-state index is 10.0. The third-order valence-electron chi connectivity index (χ3n) is 6.73. The molecule has 5 atom stereocenters. The van der Waals surface area contributed by atoms with Gasteiger partial charge in [0.1, 0.15) is 0 Å². The summed E-state index contributed by atoms with van der Waals surface area (Å²) in [5.74, 6) is 0.967. The van der Waals surface area contributed by atoms with Crippen LogP contribution >= 0.6 is 0 Å². The minimum absolute atomic E-state index is 0.315. The second kappa shape index (κ2) is 4.71. The zero-order valence-electron chi connectivity index (χ0n) is 13.9. The first-order chi connectivity index (χ1) is 11.2. The van der Waals surface area contributed by atoms with Gasteiger partial charge in [-0.3, -0.25) is 4.90 Å². The Balaban J connectivity index is 1.72. The van der Waals surface area contributed by atoms with Crippen LogP contribution in [0.5, 0.6) is 0 Å². The van der Waals surface area contributed by atoms with Crippen molar-refractivity contribution in [3.05, 3.63) is 47.2 Å². The molecule has 2 unspecified atom stereocenters. The van der Waals surface area contributed by atoms with Crippen molar-refractivity contribution in [3.63, 3.8) is 0 Å². The van der Waals surface area contributed by atoms with Crippen molar-refractivity contribution in [2.24, 2.45) is 18.9 Å². The number of allylic oxidation sites excluding steroid dienone is 1. The molecule has 0 saturated carbocycles. The number of piperidine rings is 3. The number of hydrogen-bond donors (Lipinski definition) is 1. The average Bonchev–Trinajstić information content (AvgIpc) is 2.87. The van der Waals surface area contributed by atoms with Crippen LogP contribution in [0.25, 0.3) is 10.9 Å². The molecule has 3 saturated heterocycles. The summed E-state index contributed by atoms with van der Waals surface area (Å²) in [7, 11) is 2.23. The van der Waals surface area contributed by atoms with Gasteiger partial charge in [-0.15, -0.1) is 0 Å². The van der Waals surface area contributed by atoms with Crippen molar-refractivity contribution in [1.82, 2.24) is 9.47 Å². The molecule has 0 aliphatic carbocycles. The summed E-state index contributed by atoms with van der Waals surface area (Å²) in [6.45, 7) is 3.56. The van der Waals surface area contributed by atoms with Gasteiger partial charge in [-0.1, -0.05) is 29.8 Å². The standard InChI is InChI=1S/C20H24N2O/c1-3-12-10-22-18-9-15-13-6-4-5-7-17(13)21(2)20(15)19(22)8-14(12)16(18)11-23/h3-7,14,16,18-19,23H,8-11H2,1-2H3/t14?,16-,18+,19+/m1/s1. The predicted octanol–water partition coefficient (Wildman–Crippen LogP) is 3.03. The van der Waals surface area contributed by atoms with E-state index >= 15 is 0 Å². The number of hydrogen-bond acceptors (Lipinski definition) is 2.